The van der Waals surface area contributed by atoms with Crippen molar-refractivity contribution in [2.45, 2.75) is 38.8 Å². The Morgan fingerprint density at radius 3 is 2.87 bits per heavy atom. The minimum atomic E-state index is -0.194. The molecule has 1 aliphatic heterocycles. The summed E-state index contributed by atoms with van der Waals surface area (Å²) < 4.78 is 7.16. The molecule has 1 atom stereocenters. The maximum Gasteiger partial charge on any atom is 0.220 e. The van der Waals surface area contributed by atoms with Gasteiger partial charge in [0.15, 0.2) is 5.82 Å². The summed E-state index contributed by atoms with van der Waals surface area (Å²) in [5, 5.41) is 12.1. The molecule has 3 rings (SSSR count). The predicted octanol–water partition coefficient (Wildman–Crippen LogP) is 0.963. The van der Waals surface area contributed by atoms with Crippen LogP contribution in [-0.4, -0.2) is 44.1 Å². The van der Waals surface area contributed by atoms with E-state index < -0.39 is 0 Å². The summed E-state index contributed by atoms with van der Waals surface area (Å²) in [7, 11) is 0. The number of rotatable bonds is 6. The fourth-order valence-electron chi connectivity index (χ4n) is 3.21. The van der Waals surface area contributed by atoms with Crippen LogP contribution in [0.5, 0.6) is 0 Å². The number of likely N-dealkylation sites (tertiary alicyclic amines) is 1. The molecule has 3 heterocycles. The molecule has 0 spiro atoms. The predicted molar refractivity (Wildman–Crippen MR) is 82.2 cm³/mol. The number of nitrogens with zero attached hydrogens (tertiary/aromatic N) is 5. The summed E-state index contributed by atoms with van der Waals surface area (Å²) in [4.78, 5) is 13.7. The van der Waals surface area contributed by atoms with Gasteiger partial charge in [-0.05, 0) is 54.9 Å². The van der Waals surface area contributed by atoms with Gasteiger partial charge in [0.25, 0.3) is 0 Å². The Balaban J connectivity index is 1.72. The molecule has 2 N–H and O–H groups in total. The van der Waals surface area contributed by atoms with Crippen LogP contribution in [0.15, 0.2) is 22.8 Å². The normalized spacial score (nSPS) is 18.1. The zero-order valence-corrected chi connectivity index (χ0v) is 13.3. The van der Waals surface area contributed by atoms with Crippen LogP contribution in [0.2, 0.25) is 0 Å². The SMILES string of the molecule is CC[C@H](c1nnnn1Cc1ccco1)N1CCC(C(N)=O)CC1. The molecule has 2 aromatic rings. The van der Waals surface area contributed by atoms with E-state index in [9.17, 15) is 4.79 Å². The van der Waals surface area contributed by atoms with Crippen LogP contribution < -0.4 is 5.73 Å². The average molecular weight is 318 g/mol. The number of carbonyl (C=O) groups is 1. The fraction of sp³-hybridized carbons (Fsp3) is 0.600. The second-order valence-electron chi connectivity index (χ2n) is 5.91. The van der Waals surface area contributed by atoms with E-state index in [0.717, 1.165) is 43.9 Å². The fourth-order valence-corrected chi connectivity index (χ4v) is 3.21. The Morgan fingerprint density at radius 2 is 2.26 bits per heavy atom. The van der Waals surface area contributed by atoms with Gasteiger partial charge in [-0.15, -0.1) is 5.10 Å². The highest BCUT2D eigenvalue weighted by molar-refractivity contribution is 5.76. The van der Waals surface area contributed by atoms with Gasteiger partial charge in [-0.3, -0.25) is 9.69 Å². The zero-order chi connectivity index (χ0) is 16.2. The van der Waals surface area contributed by atoms with Crippen molar-refractivity contribution in [3.05, 3.63) is 30.0 Å². The Labute approximate surface area is 134 Å². The van der Waals surface area contributed by atoms with Crippen LogP contribution in [0.25, 0.3) is 0 Å². The Kier molecular flexibility index (Phi) is 4.71. The van der Waals surface area contributed by atoms with Crippen molar-refractivity contribution in [3.63, 3.8) is 0 Å². The Morgan fingerprint density at radius 1 is 1.48 bits per heavy atom. The molecule has 1 amide bonds. The van der Waals surface area contributed by atoms with Crippen LogP contribution in [0.3, 0.4) is 0 Å². The van der Waals surface area contributed by atoms with Gasteiger partial charge in [-0.2, -0.15) is 0 Å². The highest BCUT2D eigenvalue weighted by Crippen LogP contribution is 2.28. The molecule has 2 aromatic heterocycles. The molecular weight excluding hydrogens is 296 g/mol. The lowest BCUT2D eigenvalue weighted by Gasteiger charge is -2.35. The first-order valence-electron chi connectivity index (χ1n) is 8.00. The third kappa shape index (κ3) is 3.42. The topological polar surface area (TPSA) is 103 Å². The zero-order valence-electron chi connectivity index (χ0n) is 13.3. The third-order valence-electron chi connectivity index (χ3n) is 4.50. The molecule has 0 aliphatic carbocycles. The van der Waals surface area contributed by atoms with Crippen LogP contribution >= 0.6 is 0 Å². The van der Waals surface area contributed by atoms with Crippen LogP contribution in [-0.2, 0) is 11.3 Å². The summed E-state index contributed by atoms with van der Waals surface area (Å²) in [5.41, 5.74) is 5.41. The number of primary amides is 1. The molecule has 8 heteroatoms. The Bertz CT molecular complexity index is 630. The number of aromatic nitrogens is 4. The number of tetrazole rings is 1. The van der Waals surface area contributed by atoms with E-state index in [-0.39, 0.29) is 17.9 Å². The van der Waals surface area contributed by atoms with Crippen molar-refractivity contribution in [2.75, 3.05) is 13.1 Å². The van der Waals surface area contributed by atoms with Gasteiger partial charge in [0.1, 0.15) is 12.3 Å². The molecule has 0 saturated carbocycles. The van der Waals surface area contributed by atoms with Crippen molar-refractivity contribution >= 4 is 5.91 Å². The minimum Gasteiger partial charge on any atom is -0.467 e. The van der Waals surface area contributed by atoms with E-state index in [1.807, 2.05) is 12.1 Å². The van der Waals surface area contributed by atoms with E-state index in [1.54, 1.807) is 10.9 Å². The first-order valence-corrected chi connectivity index (χ1v) is 8.00. The molecule has 1 fully saturated rings. The van der Waals surface area contributed by atoms with Gasteiger partial charge in [0.2, 0.25) is 5.91 Å². The van der Waals surface area contributed by atoms with E-state index in [1.165, 1.54) is 0 Å². The summed E-state index contributed by atoms with van der Waals surface area (Å²) in [6, 6.07) is 3.89. The highest BCUT2D eigenvalue weighted by Gasteiger charge is 2.30. The standard InChI is InChI=1S/C15H22N6O2/c1-2-13(20-7-5-11(6-8-20)14(16)22)15-17-18-19-21(15)10-12-4-3-9-23-12/h3-4,9,11,13H,2,5-8,10H2,1H3,(H2,16,22)/t13-/m1/s1. The van der Waals surface area contributed by atoms with Gasteiger partial charge in [-0.1, -0.05) is 6.92 Å². The number of carbonyl (C=O) groups excluding carboxylic acids is 1. The largest absolute Gasteiger partial charge is 0.467 e. The Hall–Kier alpha value is -2.22. The lowest BCUT2D eigenvalue weighted by Crippen LogP contribution is -2.41. The third-order valence-corrected chi connectivity index (χ3v) is 4.50. The molecule has 1 saturated heterocycles. The average Bonchev–Trinajstić information content (AvgIpc) is 3.22. The maximum absolute atomic E-state index is 11.3. The quantitative estimate of drug-likeness (QED) is 0.851. The van der Waals surface area contributed by atoms with Crippen molar-refractivity contribution in [3.8, 4) is 0 Å². The van der Waals surface area contributed by atoms with Gasteiger partial charge in [0, 0.05) is 5.92 Å². The van der Waals surface area contributed by atoms with Crippen LogP contribution in [0, 0.1) is 5.92 Å². The van der Waals surface area contributed by atoms with Gasteiger partial charge in [0.05, 0.1) is 12.3 Å². The second kappa shape index (κ2) is 6.91. The number of hydrogen-bond acceptors (Lipinski definition) is 6. The maximum atomic E-state index is 11.3. The molecule has 23 heavy (non-hydrogen) atoms. The monoisotopic (exact) mass is 318 g/mol. The summed E-state index contributed by atoms with van der Waals surface area (Å²) in [6.07, 6.45) is 4.14. The summed E-state index contributed by atoms with van der Waals surface area (Å²) >= 11 is 0. The molecule has 0 bridgehead atoms. The minimum absolute atomic E-state index is 0.0112. The summed E-state index contributed by atoms with van der Waals surface area (Å²) in [6.45, 7) is 4.31. The number of hydrogen-bond donors (Lipinski definition) is 1. The molecule has 0 aromatic carbocycles. The molecular formula is C15H22N6O2. The van der Waals surface area contributed by atoms with Gasteiger partial charge >= 0.3 is 0 Å². The second-order valence-corrected chi connectivity index (χ2v) is 5.91. The molecule has 0 radical (unpaired) electrons. The summed E-state index contributed by atoms with van der Waals surface area (Å²) in [5.74, 6) is 1.45. The molecule has 124 valence electrons. The lowest BCUT2D eigenvalue weighted by molar-refractivity contribution is -0.123. The smallest absolute Gasteiger partial charge is 0.220 e. The van der Waals surface area contributed by atoms with Crippen molar-refractivity contribution in [1.82, 2.24) is 25.1 Å². The van der Waals surface area contributed by atoms with Crippen molar-refractivity contribution in [2.24, 2.45) is 11.7 Å². The van der Waals surface area contributed by atoms with Crippen molar-refractivity contribution in [1.29, 1.82) is 0 Å². The van der Waals surface area contributed by atoms with Gasteiger partial charge < -0.3 is 10.2 Å². The first-order chi connectivity index (χ1) is 11.2. The van der Waals surface area contributed by atoms with E-state index in [4.69, 9.17) is 10.2 Å². The number of amides is 1. The molecule has 0 unspecified atom stereocenters. The lowest BCUT2D eigenvalue weighted by atomic mass is 9.94. The number of furan rings is 1. The first kappa shape index (κ1) is 15.7. The van der Waals surface area contributed by atoms with E-state index in [2.05, 4.69) is 27.3 Å². The number of piperidine rings is 1. The highest BCUT2D eigenvalue weighted by atomic mass is 16.3. The van der Waals surface area contributed by atoms with Crippen molar-refractivity contribution < 1.29 is 9.21 Å². The van der Waals surface area contributed by atoms with E-state index in [0.29, 0.717) is 6.54 Å². The van der Waals surface area contributed by atoms with E-state index >= 15 is 0 Å². The molecule has 1 aliphatic rings. The van der Waals surface area contributed by atoms with Gasteiger partial charge in [-0.25, -0.2) is 4.68 Å². The molecule has 8 nitrogen and oxygen atoms in total. The van der Waals surface area contributed by atoms with Crippen LogP contribution in [0.1, 0.15) is 43.8 Å². The number of nitrogens with two attached hydrogens (primary N) is 1. The van der Waals surface area contributed by atoms with Crippen LogP contribution in [0.4, 0.5) is 0 Å².